The molecule has 1 aliphatic heterocycles. The highest BCUT2D eigenvalue weighted by atomic mass is 79.9. The van der Waals surface area contributed by atoms with E-state index in [1.807, 2.05) is 16.9 Å². The third kappa shape index (κ3) is 2.46. The Morgan fingerprint density at radius 3 is 3.11 bits per heavy atom. The van der Waals surface area contributed by atoms with E-state index in [1.165, 1.54) is 0 Å². The van der Waals surface area contributed by atoms with Crippen LogP contribution >= 0.6 is 27.9 Å². The standard InChI is InChI=1S/C11H13BrClN3O2/c1-2-15-9(11(17)18-12)5-7-16(15)10-8(13)4-3-6-14-10/h3-4,6,9H,2,5,7H2,1H3. The second-order valence-corrected chi connectivity index (χ2v) is 4.62. The van der Waals surface area contributed by atoms with Crippen LogP contribution in [0.1, 0.15) is 13.3 Å². The van der Waals surface area contributed by atoms with E-state index in [0.29, 0.717) is 30.4 Å². The molecule has 0 radical (unpaired) electrons. The molecule has 0 aromatic carbocycles. The SMILES string of the molecule is CCN1C(C(=O)OBr)CCN1c1ncccc1Cl. The number of hydrazine groups is 1. The summed E-state index contributed by atoms with van der Waals surface area (Å²) in [6.07, 6.45) is 2.37. The first-order valence-electron chi connectivity index (χ1n) is 5.66. The molecule has 5 nitrogen and oxygen atoms in total. The van der Waals surface area contributed by atoms with Crippen molar-refractivity contribution in [3.63, 3.8) is 0 Å². The van der Waals surface area contributed by atoms with Gasteiger partial charge in [0.25, 0.3) is 0 Å². The highest BCUT2D eigenvalue weighted by Gasteiger charge is 2.37. The van der Waals surface area contributed by atoms with Gasteiger partial charge >= 0.3 is 5.97 Å². The topological polar surface area (TPSA) is 45.7 Å². The van der Waals surface area contributed by atoms with E-state index >= 15 is 0 Å². The summed E-state index contributed by atoms with van der Waals surface area (Å²) in [7, 11) is 0. The first-order valence-corrected chi connectivity index (χ1v) is 6.68. The van der Waals surface area contributed by atoms with Crippen LogP contribution in [0.15, 0.2) is 18.3 Å². The molecule has 1 atom stereocenters. The van der Waals surface area contributed by atoms with Crippen LogP contribution in [-0.2, 0) is 8.62 Å². The second kappa shape index (κ2) is 5.86. The Labute approximate surface area is 119 Å². The summed E-state index contributed by atoms with van der Waals surface area (Å²) in [4.78, 5) is 15.9. The molecule has 0 amide bonds. The molecule has 0 N–H and O–H groups in total. The minimum Gasteiger partial charge on any atom is -0.382 e. The van der Waals surface area contributed by atoms with Crippen molar-refractivity contribution in [3.8, 4) is 0 Å². The highest BCUT2D eigenvalue weighted by Crippen LogP contribution is 2.30. The van der Waals surface area contributed by atoms with Crippen LogP contribution in [0.25, 0.3) is 0 Å². The molecule has 0 bridgehead atoms. The molecule has 0 aliphatic carbocycles. The van der Waals surface area contributed by atoms with Gasteiger partial charge in [-0.05, 0) is 18.6 Å². The summed E-state index contributed by atoms with van der Waals surface area (Å²) < 4.78 is 4.63. The molecule has 1 fully saturated rings. The van der Waals surface area contributed by atoms with Crippen molar-refractivity contribution in [2.75, 3.05) is 18.1 Å². The summed E-state index contributed by atoms with van der Waals surface area (Å²) >= 11 is 8.87. The number of hydrogen-bond donors (Lipinski definition) is 0. The number of nitrogens with zero attached hydrogens (tertiary/aromatic N) is 3. The number of halogens is 2. The van der Waals surface area contributed by atoms with Crippen LogP contribution in [0.5, 0.6) is 0 Å². The Morgan fingerprint density at radius 2 is 2.50 bits per heavy atom. The quantitative estimate of drug-likeness (QED) is 0.849. The van der Waals surface area contributed by atoms with Crippen LogP contribution in [-0.4, -0.2) is 35.1 Å². The van der Waals surface area contributed by atoms with E-state index in [1.54, 1.807) is 18.3 Å². The minimum absolute atomic E-state index is 0.299. The maximum absolute atomic E-state index is 11.7. The third-order valence-electron chi connectivity index (χ3n) is 2.94. The maximum Gasteiger partial charge on any atom is 0.336 e. The number of pyridine rings is 1. The molecule has 2 rings (SSSR count). The van der Waals surface area contributed by atoms with Crippen molar-refractivity contribution in [3.05, 3.63) is 23.4 Å². The normalized spacial score (nSPS) is 20.2. The predicted octanol–water partition coefficient (Wildman–Crippen LogP) is 2.40. The number of likely N-dealkylation sites (N-methyl/N-ethyl adjacent to an activating group) is 1. The second-order valence-electron chi connectivity index (χ2n) is 3.89. The summed E-state index contributed by atoms with van der Waals surface area (Å²) in [6, 6.07) is 3.27. The van der Waals surface area contributed by atoms with Crippen LogP contribution < -0.4 is 5.01 Å². The van der Waals surface area contributed by atoms with E-state index in [9.17, 15) is 4.79 Å². The summed E-state index contributed by atoms with van der Waals surface area (Å²) in [5, 5.41) is 4.41. The van der Waals surface area contributed by atoms with Crippen LogP contribution in [0.3, 0.4) is 0 Å². The number of rotatable bonds is 3. The monoisotopic (exact) mass is 333 g/mol. The fourth-order valence-electron chi connectivity index (χ4n) is 2.17. The highest BCUT2D eigenvalue weighted by molar-refractivity contribution is 9.06. The average molecular weight is 335 g/mol. The van der Waals surface area contributed by atoms with Gasteiger partial charge in [-0.3, -0.25) is 5.01 Å². The van der Waals surface area contributed by atoms with Gasteiger partial charge in [-0.25, -0.2) is 14.8 Å². The lowest BCUT2D eigenvalue weighted by Crippen LogP contribution is -2.45. The Balaban J connectivity index is 2.25. The van der Waals surface area contributed by atoms with Crippen LogP contribution in [0, 0.1) is 0 Å². The molecule has 98 valence electrons. The number of aromatic nitrogens is 1. The molecular weight excluding hydrogens is 321 g/mol. The minimum atomic E-state index is -0.300. The molecule has 1 aromatic heterocycles. The van der Waals surface area contributed by atoms with Gasteiger partial charge in [-0.15, -0.1) is 0 Å². The van der Waals surface area contributed by atoms with E-state index in [-0.39, 0.29) is 12.0 Å². The fraction of sp³-hybridized carbons (Fsp3) is 0.455. The lowest BCUT2D eigenvalue weighted by atomic mass is 10.2. The van der Waals surface area contributed by atoms with Gasteiger partial charge in [0.2, 0.25) is 0 Å². The molecule has 2 heterocycles. The van der Waals surface area contributed by atoms with E-state index in [0.717, 1.165) is 0 Å². The van der Waals surface area contributed by atoms with Crippen molar-refractivity contribution in [2.45, 2.75) is 19.4 Å². The first kappa shape index (κ1) is 13.6. The van der Waals surface area contributed by atoms with Crippen LogP contribution in [0.2, 0.25) is 5.02 Å². The van der Waals surface area contributed by atoms with E-state index in [2.05, 4.69) is 25.1 Å². The molecule has 1 saturated heterocycles. The van der Waals surface area contributed by atoms with Crippen molar-refractivity contribution in [1.82, 2.24) is 9.99 Å². The molecule has 18 heavy (non-hydrogen) atoms. The van der Waals surface area contributed by atoms with Crippen LogP contribution in [0.4, 0.5) is 5.82 Å². The molecule has 1 aliphatic rings. The van der Waals surface area contributed by atoms with Gasteiger partial charge < -0.3 is 3.83 Å². The van der Waals surface area contributed by atoms with Gasteiger partial charge in [0, 0.05) is 19.3 Å². The zero-order valence-electron chi connectivity index (χ0n) is 9.84. The summed E-state index contributed by atoms with van der Waals surface area (Å²) in [6.45, 7) is 3.35. The van der Waals surface area contributed by atoms with Gasteiger partial charge in [0.05, 0.1) is 5.02 Å². The maximum atomic E-state index is 11.7. The molecular formula is C11H13BrClN3O2. The number of hydrogen-bond acceptors (Lipinski definition) is 5. The third-order valence-corrected chi connectivity index (χ3v) is 3.55. The van der Waals surface area contributed by atoms with Gasteiger partial charge in [-0.2, -0.15) is 0 Å². The Kier molecular flexibility index (Phi) is 4.42. The molecule has 0 saturated carbocycles. The number of anilines is 1. The zero-order valence-corrected chi connectivity index (χ0v) is 12.2. The first-order chi connectivity index (χ1) is 8.69. The van der Waals surface area contributed by atoms with Crippen molar-refractivity contribution in [1.29, 1.82) is 0 Å². The summed E-state index contributed by atoms with van der Waals surface area (Å²) in [5.74, 6) is 0.372. The van der Waals surface area contributed by atoms with Crippen molar-refractivity contribution < 1.29 is 8.62 Å². The van der Waals surface area contributed by atoms with Crippen molar-refractivity contribution >= 4 is 39.6 Å². The van der Waals surface area contributed by atoms with Crippen molar-refractivity contribution in [2.24, 2.45) is 0 Å². The largest absolute Gasteiger partial charge is 0.382 e. The Morgan fingerprint density at radius 1 is 1.72 bits per heavy atom. The Hall–Kier alpha value is -0.850. The van der Waals surface area contributed by atoms with E-state index < -0.39 is 0 Å². The molecule has 1 aromatic rings. The number of carbonyl (C=O) groups excluding carboxylic acids is 1. The molecule has 0 spiro atoms. The Bertz CT molecular complexity index is 446. The van der Waals surface area contributed by atoms with Gasteiger partial charge in [0.1, 0.15) is 6.04 Å². The number of carbonyl (C=O) groups is 1. The lowest BCUT2D eigenvalue weighted by molar-refractivity contribution is -0.137. The van der Waals surface area contributed by atoms with Gasteiger partial charge in [0.15, 0.2) is 22.1 Å². The lowest BCUT2D eigenvalue weighted by Gasteiger charge is -2.30. The smallest absolute Gasteiger partial charge is 0.336 e. The average Bonchev–Trinajstić information content (AvgIpc) is 2.81. The predicted molar refractivity (Wildman–Crippen MR) is 72.4 cm³/mol. The van der Waals surface area contributed by atoms with Gasteiger partial charge in [-0.1, -0.05) is 18.5 Å². The molecule has 1 unspecified atom stereocenters. The fourth-order valence-corrected chi connectivity index (χ4v) is 2.60. The van der Waals surface area contributed by atoms with E-state index in [4.69, 9.17) is 11.6 Å². The zero-order chi connectivity index (χ0) is 13.1. The summed E-state index contributed by atoms with van der Waals surface area (Å²) in [5.41, 5.74) is 0. The molecule has 7 heteroatoms.